The van der Waals surface area contributed by atoms with Crippen LogP contribution in [0.1, 0.15) is 25.8 Å². The van der Waals surface area contributed by atoms with Crippen molar-refractivity contribution in [2.45, 2.75) is 32.1 Å². The lowest BCUT2D eigenvalue weighted by molar-refractivity contribution is 0.375. The van der Waals surface area contributed by atoms with Gasteiger partial charge in [0.15, 0.2) is 0 Å². The van der Waals surface area contributed by atoms with E-state index in [0.29, 0.717) is 23.7 Å². The van der Waals surface area contributed by atoms with Crippen molar-refractivity contribution in [3.8, 4) is 0 Å². The molecule has 0 bridgehead atoms. The van der Waals surface area contributed by atoms with Gasteiger partial charge in [0.2, 0.25) is 10.0 Å². The fraction of sp³-hybridized carbons (Fsp3) is 0.538. The minimum Gasteiger partial charge on any atom is -0.398 e. The lowest BCUT2D eigenvalue weighted by Gasteiger charge is -2.20. The molecule has 1 aromatic rings. The molecule has 0 unspecified atom stereocenters. The van der Waals surface area contributed by atoms with E-state index in [9.17, 15) is 8.42 Å². The highest BCUT2D eigenvalue weighted by molar-refractivity contribution is 7.89. The molecule has 0 aromatic heterocycles. The van der Waals surface area contributed by atoms with Gasteiger partial charge in [0.25, 0.3) is 0 Å². The molecular formula is C13H20N2O2S. The first-order chi connectivity index (χ1) is 8.22. The van der Waals surface area contributed by atoms with Gasteiger partial charge in [-0.05, 0) is 36.5 Å². The van der Waals surface area contributed by atoms with Crippen LogP contribution in [0.5, 0.6) is 0 Å². The van der Waals surface area contributed by atoms with Crippen molar-refractivity contribution >= 4 is 15.7 Å². The highest BCUT2D eigenvalue weighted by Crippen LogP contribution is 2.33. The van der Waals surface area contributed by atoms with Gasteiger partial charge < -0.3 is 5.73 Å². The van der Waals surface area contributed by atoms with E-state index in [4.69, 9.17) is 5.73 Å². The molecule has 1 aliphatic heterocycles. The summed E-state index contributed by atoms with van der Waals surface area (Å²) in [5, 5.41) is 0. The van der Waals surface area contributed by atoms with Gasteiger partial charge in [0, 0.05) is 18.8 Å². The Morgan fingerprint density at radius 1 is 1.33 bits per heavy atom. The van der Waals surface area contributed by atoms with Gasteiger partial charge >= 0.3 is 0 Å². The van der Waals surface area contributed by atoms with E-state index in [2.05, 4.69) is 13.8 Å². The number of hydrogen-bond donors (Lipinski definition) is 1. The Balaban J connectivity index is 2.34. The molecule has 18 heavy (non-hydrogen) atoms. The maximum absolute atomic E-state index is 12.5. The number of nitrogens with zero attached hydrogens (tertiary/aromatic N) is 1. The molecule has 1 fully saturated rings. The largest absolute Gasteiger partial charge is 0.398 e. The Kier molecular flexibility index (Phi) is 3.15. The zero-order valence-corrected chi connectivity index (χ0v) is 11.9. The molecule has 2 N–H and O–H groups in total. The topological polar surface area (TPSA) is 63.4 Å². The van der Waals surface area contributed by atoms with Crippen molar-refractivity contribution in [2.75, 3.05) is 18.8 Å². The summed E-state index contributed by atoms with van der Waals surface area (Å²) in [6.45, 7) is 7.20. The third kappa shape index (κ3) is 2.37. The van der Waals surface area contributed by atoms with Crippen molar-refractivity contribution < 1.29 is 8.42 Å². The monoisotopic (exact) mass is 268 g/mol. The fourth-order valence-electron chi connectivity index (χ4n) is 2.20. The molecule has 1 saturated heterocycles. The number of sulfonamides is 1. The van der Waals surface area contributed by atoms with Crippen LogP contribution in [0.4, 0.5) is 5.69 Å². The van der Waals surface area contributed by atoms with Crippen LogP contribution in [0, 0.1) is 12.3 Å². The second kappa shape index (κ2) is 4.24. The Labute approximate surface area is 109 Å². The Morgan fingerprint density at radius 2 is 2.00 bits per heavy atom. The predicted octanol–water partition coefficient (Wildman–Crippen LogP) is 2.00. The van der Waals surface area contributed by atoms with Crippen molar-refractivity contribution in [3.63, 3.8) is 0 Å². The van der Waals surface area contributed by atoms with E-state index in [1.165, 1.54) is 0 Å². The van der Waals surface area contributed by atoms with Gasteiger partial charge in [-0.2, -0.15) is 4.31 Å². The van der Waals surface area contributed by atoms with Crippen molar-refractivity contribution in [2.24, 2.45) is 5.41 Å². The lowest BCUT2D eigenvalue weighted by atomic mass is 9.93. The van der Waals surface area contributed by atoms with E-state index < -0.39 is 10.0 Å². The summed E-state index contributed by atoms with van der Waals surface area (Å²) in [5.41, 5.74) is 7.27. The first-order valence-electron chi connectivity index (χ1n) is 6.09. The van der Waals surface area contributed by atoms with Crippen molar-refractivity contribution in [3.05, 3.63) is 23.8 Å². The Morgan fingerprint density at radius 3 is 2.50 bits per heavy atom. The van der Waals surface area contributed by atoms with Crippen molar-refractivity contribution in [1.29, 1.82) is 0 Å². The maximum atomic E-state index is 12.5. The minimum atomic E-state index is -3.40. The molecule has 0 radical (unpaired) electrons. The van der Waals surface area contributed by atoms with Crippen LogP contribution in [0.25, 0.3) is 0 Å². The molecule has 1 aromatic carbocycles. The zero-order valence-electron chi connectivity index (χ0n) is 11.1. The zero-order chi connectivity index (χ0) is 13.6. The summed E-state index contributed by atoms with van der Waals surface area (Å²) in [5.74, 6) is 0. The molecule has 0 atom stereocenters. The van der Waals surface area contributed by atoms with Gasteiger partial charge in [0.1, 0.15) is 0 Å². The van der Waals surface area contributed by atoms with Gasteiger partial charge in [0.05, 0.1) is 4.90 Å². The fourth-order valence-corrected chi connectivity index (χ4v) is 3.86. The van der Waals surface area contributed by atoms with Crippen molar-refractivity contribution in [1.82, 2.24) is 4.31 Å². The second-order valence-electron chi connectivity index (χ2n) is 5.77. The number of nitrogens with two attached hydrogens (primary N) is 1. The summed E-state index contributed by atoms with van der Waals surface area (Å²) >= 11 is 0. The number of anilines is 1. The summed E-state index contributed by atoms with van der Waals surface area (Å²) in [6.07, 6.45) is 0.896. The number of rotatable bonds is 2. The highest BCUT2D eigenvalue weighted by atomic mass is 32.2. The van der Waals surface area contributed by atoms with E-state index in [1.54, 1.807) is 22.5 Å². The third-order valence-electron chi connectivity index (χ3n) is 3.53. The standard InChI is InChI=1S/C13H20N2O2S/c1-10-4-5-11(8-12(10)14)18(16,17)15-7-6-13(2,3)9-15/h4-5,8H,6-7,9,14H2,1-3H3. The Hall–Kier alpha value is -1.07. The molecule has 2 rings (SSSR count). The number of aryl methyl sites for hydroxylation is 1. The number of nitrogen functional groups attached to an aromatic ring is 1. The molecule has 1 heterocycles. The van der Waals surface area contributed by atoms with Crippen LogP contribution in [-0.2, 0) is 10.0 Å². The summed E-state index contributed by atoms with van der Waals surface area (Å²) in [6, 6.07) is 4.94. The molecule has 0 aliphatic carbocycles. The lowest BCUT2D eigenvalue weighted by Crippen LogP contribution is -2.30. The normalized spacial score (nSPS) is 20.2. The molecule has 0 amide bonds. The molecule has 4 nitrogen and oxygen atoms in total. The average molecular weight is 268 g/mol. The smallest absolute Gasteiger partial charge is 0.243 e. The maximum Gasteiger partial charge on any atom is 0.243 e. The van der Waals surface area contributed by atoms with Gasteiger partial charge in [-0.15, -0.1) is 0 Å². The molecule has 100 valence electrons. The molecular weight excluding hydrogens is 248 g/mol. The van der Waals surface area contributed by atoms with Crippen LogP contribution in [0.2, 0.25) is 0 Å². The van der Waals surface area contributed by atoms with Crippen LogP contribution < -0.4 is 5.73 Å². The SMILES string of the molecule is Cc1ccc(S(=O)(=O)N2CCC(C)(C)C2)cc1N. The predicted molar refractivity (Wildman–Crippen MR) is 72.7 cm³/mol. The molecule has 0 saturated carbocycles. The average Bonchev–Trinajstić information content (AvgIpc) is 2.63. The summed E-state index contributed by atoms with van der Waals surface area (Å²) in [4.78, 5) is 0.295. The number of benzene rings is 1. The second-order valence-corrected chi connectivity index (χ2v) is 7.71. The highest BCUT2D eigenvalue weighted by Gasteiger charge is 2.36. The molecule has 1 aliphatic rings. The minimum absolute atomic E-state index is 0.0588. The van der Waals surface area contributed by atoms with Crippen LogP contribution >= 0.6 is 0 Å². The van der Waals surface area contributed by atoms with E-state index >= 15 is 0 Å². The van der Waals surface area contributed by atoms with Crippen LogP contribution in [-0.4, -0.2) is 25.8 Å². The van der Waals surface area contributed by atoms with E-state index in [-0.39, 0.29) is 5.41 Å². The molecule has 0 spiro atoms. The summed E-state index contributed by atoms with van der Waals surface area (Å²) < 4.78 is 26.5. The van der Waals surface area contributed by atoms with E-state index in [1.807, 2.05) is 6.92 Å². The summed E-state index contributed by atoms with van der Waals surface area (Å²) in [7, 11) is -3.40. The molecule has 5 heteroatoms. The number of hydrogen-bond acceptors (Lipinski definition) is 3. The first kappa shape index (κ1) is 13.4. The third-order valence-corrected chi connectivity index (χ3v) is 5.37. The quantitative estimate of drug-likeness (QED) is 0.834. The van der Waals surface area contributed by atoms with Gasteiger partial charge in [-0.25, -0.2) is 8.42 Å². The first-order valence-corrected chi connectivity index (χ1v) is 7.53. The van der Waals surface area contributed by atoms with Gasteiger partial charge in [-0.1, -0.05) is 19.9 Å². The van der Waals surface area contributed by atoms with Gasteiger partial charge in [-0.3, -0.25) is 0 Å². The van der Waals surface area contributed by atoms with Crippen LogP contribution in [0.15, 0.2) is 23.1 Å². The van der Waals surface area contributed by atoms with E-state index in [0.717, 1.165) is 12.0 Å². The van der Waals surface area contributed by atoms with Crippen LogP contribution in [0.3, 0.4) is 0 Å². The Bertz CT molecular complexity index is 564.